The van der Waals surface area contributed by atoms with E-state index < -0.39 is 35.7 Å². The van der Waals surface area contributed by atoms with Gasteiger partial charge in [-0.1, -0.05) is 36.2 Å². The molecule has 5 heterocycles. The van der Waals surface area contributed by atoms with Crippen LogP contribution in [0.15, 0.2) is 47.5 Å². The molecule has 1 fully saturated rings. The molecule has 57 heavy (non-hydrogen) atoms. The number of aliphatic imine (C=N–C) groups is 1. The highest BCUT2D eigenvalue weighted by atomic mass is 35.5. The van der Waals surface area contributed by atoms with Crippen LogP contribution >= 0.6 is 22.9 Å². The second-order valence-corrected chi connectivity index (χ2v) is 15.4. The first kappa shape index (κ1) is 39.2. The van der Waals surface area contributed by atoms with Crippen molar-refractivity contribution in [2.24, 2.45) is 4.99 Å². The minimum absolute atomic E-state index is 0.00484. The predicted octanol–water partition coefficient (Wildman–Crippen LogP) is 5.03. The number of piperidine rings is 1. The summed E-state index contributed by atoms with van der Waals surface area (Å²) in [7, 11) is 0. The molecule has 4 aromatic rings. The average Bonchev–Trinajstić information content (AvgIpc) is 3.77. The Morgan fingerprint density at radius 3 is 2.58 bits per heavy atom. The van der Waals surface area contributed by atoms with Crippen LogP contribution in [-0.4, -0.2) is 79.9 Å². The summed E-state index contributed by atoms with van der Waals surface area (Å²) >= 11 is 7.72. The maximum absolute atomic E-state index is 13.3. The Morgan fingerprint density at radius 1 is 1.04 bits per heavy atom. The molecule has 1 unspecified atom stereocenters. The van der Waals surface area contributed by atoms with Crippen LogP contribution in [0.25, 0.3) is 9.85 Å². The molecule has 5 amide bonds. The maximum Gasteiger partial charge on any atom is 0.266 e. The number of thiophene rings is 1. The van der Waals surface area contributed by atoms with Gasteiger partial charge in [0, 0.05) is 35.5 Å². The van der Waals surface area contributed by atoms with Gasteiger partial charge in [-0.3, -0.25) is 48.5 Å². The van der Waals surface area contributed by atoms with E-state index in [9.17, 15) is 28.8 Å². The first-order chi connectivity index (χ1) is 27.5. The van der Waals surface area contributed by atoms with Crippen LogP contribution in [0.2, 0.25) is 5.02 Å². The number of aryl methyl sites for hydroxylation is 1. The number of benzene rings is 2. The van der Waals surface area contributed by atoms with E-state index in [0.29, 0.717) is 48.2 Å². The van der Waals surface area contributed by atoms with Crippen molar-refractivity contribution in [3.8, 4) is 10.8 Å². The number of carbonyl (C=O) groups excluding carboxylic acids is 6. The summed E-state index contributed by atoms with van der Waals surface area (Å²) < 4.78 is 7.64. The van der Waals surface area contributed by atoms with Crippen molar-refractivity contribution < 1.29 is 33.5 Å². The molecule has 2 aromatic heterocycles. The number of ketones is 1. The molecule has 1 saturated heterocycles. The van der Waals surface area contributed by atoms with Gasteiger partial charge in [0.2, 0.25) is 24.3 Å². The van der Waals surface area contributed by atoms with Crippen LogP contribution in [0, 0.1) is 20.4 Å². The Bertz CT molecular complexity index is 2400. The van der Waals surface area contributed by atoms with E-state index >= 15 is 0 Å². The quantitative estimate of drug-likeness (QED) is 0.100. The summed E-state index contributed by atoms with van der Waals surface area (Å²) in [6.45, 7) is 11.6. The van der Waals surface area contributed by atoms with Gasteiger partial charge in [-0.15, -0.1) is 21.5 Å². The monoisotopic (exact) mass is 808 g/mol. The Labute approximate surface area is 336 Å². The van der Waals surface area contributed by atoms with Gasteiger partial charge < -0.3 is 14.9 Å². The van der Waals surface area contributed by atoms with Crippen LogP contribution in [0.3, 0.4) is 0 Å². The third-order valence-corrected chi connectivity index (χ3v) is 11.6. The van der Waals surface area contributed by atoms with Crippen molar-refractivity contribution in [2.45, 2.75) is 77.4 Å². The van der Waals surface area contributed by atoms with E-state index in [-0.39, 0.29) is 67.4 Å². The third-order valence-electron chi connectivity index (χ3n) is 10.1. The molecule has 3 aliphatic heterocycles. The lowest BCUT2D eigenvalue weighted by Crippen LogP contribution is -2.54. The lowest BCUT2D eigenvalue weighted by molar-refractivity contribution is -0.136. The van der Waals surface area contributed by atoms with Crippen molar-refractivity contribution >= 4 is 64.0 Å². The predicted molar refractivity (Wildman–Crippen MR) is 209 cm³/mol. The Morgan fingerprint density at radius 2 is 1.82 bits per heavy atom. The first-order valence-corrected chi connectivity index (χ1v) is 19.6. The summed E-state index contributed by atoms with van der Waals surface area (Å²) in [6.07, 6.45) is 2.09. The molecule has 0 saturated carbocycles. The van der Waals surface area contributed by atoms with E-state index in [2.05, 4.69) is 25.7 Å². The molecule has 2 atom stereocenters. The number of aromatic nitrogens is 3. The number of Topliss-reactive ketones (excluding diaryl/α,β-unsaturated/α-hetero) is 1. The highest BCUT2D eigenvalue weighted by Gasteiger charge is 2.46. The number of nitrogens with one attached hydrogen (secondary N) is 2. The highest BCUT2D eigenvalue weighted by Crippen LogP contribution is 2.40. The zero-order chi connectivity index (χ0) is 40.4. The average molecular weight is 809 g/mol. The smallest absolute Gasteiger partial charge is 0.266 e. The van der Waals surface area contributed by atoms with Crippen molar-refractivity contribution in [1.82, 2.24) is 30.3 Å². The van der Waals surface area contributed by atoms with E-state index in [4.69, 9.17) is 27.9 Å². The van der Waals surface area contributed by atoms with Gasteiger partial charge in [0.1, 0.15) is 35.3 Å². The molecule has 7 rings (SSSR count). The van der Waals surface area contributed by atoms with Crippen molar-refractivity contribution in [2.75, 3.05) is 13.2 Å². The maximum atomic E-state index is 13.3. The number of nitrogens with zero attached hydrogens (tertiary/aromatic N) is 6. The number of halogens is 1. The van der Waals surface area contributed by atoms with Crippen LogP contribution in [-0.2, 0) is 25.7 Å². The summed E-state index contributed by atoms with van der Waals surface area (Å²) in [5, 5.41) is 15.4. The zero-order valence-electron chi connectivity index (χ0n) is 31.1. The fraction of sp³-hybridized carbons (Fsp3) is 0.350. The van der Waals surface area contributed by atoms with Gasteiger partial charge in [0.05, 0.1) is 28.1 Å². The fourth-order valence-corrected chi connectivity index (χ4v) is 8.64. The number of hydrogen-bond donors (Lipinski definition) is 2. The fourth-order valence-electron chi connectivity index (χ4n) is 7.22. The molecule has 0 spiro atoms. The Balaban J connectivity index is 0.920. The molecule has 2 aromatic carbocycles. The number of rotatable bonds is 14. The minimum atomic E-state index is -1.11. The second-order valence-electron chi connectivity index (χ2n) is 13.9. The molecular formula is C40H37ClN8O7S. The summed E-state index contributed by atoms with van der Waals surface area (Å²) in [4.78, 5) is 86.9. The van der Waals surface area contributed by atoms with Crippen LogP contribution in [0.4, 0.5) is 0 Å². The molecule has 0 bridgehead atoms. The number of carbonyl (C=O) groups is 6. The van der Waals surface area contributed by atoms with Gasteiger partial charge in [-0.2, -0.15) is 0 Å². The van der Waals surface area contributed by atoms with Crippen LogP contribution < -0.4 is 15.4 Å². The molecule has 15 nitrogen and oxygen atoms in total. The molecule has 0 aliphatic carbocycles. The molecule has 3 aliphatic rings. The zero-order valence-corrected chi connectivity index (χ0v) is 32.7. The van der Waals surface area contributed by atoms with Gasteiger partial charge >= 0.3 is 0 Å². The molecule has 292 valence electrons. The van der Waals surface area contributed by atoms with Gasteiger partial charge in [0.25, 0.3) is 11.8 Å². The van der Waals surface area contributed by atoms with Gasteiger partial charge in [0.15, 0.2) is 11.6 Å². The largest absolute Gasteiger partial charge is 0.485 e. The number of unbranched alkanes of at least 4 members (excludes halogenated alkanes) is 2. The van der Waals surface area contributed by atoms with Crippen molar-refractivity contribution in [3.63, 3.8) is 0 Å². The summed E-state index contributed by atoms with van der Waals surface area (Å²) in [5.74, 6) is -1.72. The molecule has 2 N–H and O–H groups in total. The minimum Gasteiger partial charge on any atom is -0.485 e. The van der Waals surface area contributed by atoms with Crippen LogP contribution in [0.1, 0.15) is 105 Å². The standard InChI is InChI=1S/C40H37ClN8O7S/c1-21-30(19-42-3)57-40-33(21)35(23-11-13-24(41)14-12-23)44-27(36-47-46-22(2)48(36)40)18-32(52)43-17-6-4-5-8-25(50)20-56-29-10-7-9-26-34(29)39(55)49(38(26)54)28-15-16-31(51)45-37(28)53/h7,9-14,27-28H,4-6,8,15-20H2,1-2H3,(H,43,52)(H,45,51,53)/t27-,28?/m0/s1. The van der Waals surface area contributed by atoms with E-state index in [1.807, 2.05) is 30.5 Å². The van der Waals surface area contributed by atoms with E-state index in [1.165, 1.54) is 29.5 Å². The van der Waals surface area contributed by atoms with E-state index in [1.54, 1.807) is 12.1 Å². The molecule has 17 heteroatoms. The summed E-state index contributed by atoms with van der Waals surface area (Å²) in [5.41, 5.74) is 3.39. The van der Waals surface area contributed by atoms with Crippen molar-refractivity contribution in [1.29, 1.82) is 0 Å². The Hall–Kier alpha value is -6.05. The van der Waals surface area contributed by atoms with Crippen molar-refractivity contribution in [3.05, 3.63) is 103 Å². The third kappa shape index (κ3) is 7.85. The second kappa shape index (κ2) is 16.6. The number of ether oxygens (including phenoxy) is 1. The number of imide groups is 2. The summed E-state index contributed by atoms with van der Waals surface area (Å²) in [6, 6.07) is 10.1. The first-order valence-electron chi connectivity index (χ1n) is 18.4. The number of fused-ring (bicyclic) bond motifs is 4. The molecule has 0 radical (unpaired) electrons. The normalized spacial score (nSPS) is 17.2. The van der Waals surface area contributed by atoms with E-state index in [0.717, 1.165) is 31.5 Å². The van der Waals surface area contributed by atoms with Crippen LogP contribution in [0.5, 0.6) is 5.75 Å². The topological polar surface area (TPSA) is 186 Å². The molecular weight excluding hydrogens is 772 g/mol. The number of amides is 5. The Kier molecular flexibility index (Phi) is 11.4. The lowest BCUT2D eigenvalue weighted by atomic mass is 9.99. The number of hydrogen-bond acceptors (Lipinski definition) is 11. The lowest BCUT2D eigenvalue weighted by Gasteiger charge is -2.27. The highest BCUT2D eigenvalue weighted by molar-refractivity contribution is 7.15. The van der Waals surface area contributed by atoms with Gasteiger partial charge in [-0.25, -0.2) is 6.57 Å². The van der Waals surface area contributed by atoms with Gasteiger partial charge in [-0.05, 0) is 62.9 Å². The SMILES string of the molecule is [C-]#[N+]Cc1sc2c(c1C)C(c1ccc(Cl)cc1)=N[C@@H](CC(=O)NCCCCCC(=O)COc1cccc3c1C(=O)N(C1CCC(=O)NC1=O)C3=O)c1nnc(C)n1-2.